The topological polar surface area (TPSA) is 78.2 Å². The summed E-state index contributed by atoms with van der Waals surface area (Å²) >= 11 is 0. The van der Waals surface area contributed by atoms with Gasteiger partial charge in [-0.05, 0) is 18.9 Å². The molecule has 122 valence electrons. The van der Waals surface area contributed by atoms with Crippen LogP contribution in [0.25, 0.3) is 0 Å². The van der Waals surface area contributed by atoms with Crippen molar-refractivity contribution in [3.05, 3.63) is 30.1 Å². The van der Waals surface area contributed by atoms with Gasteiger partial charge in [0.25, 0.3) is 0 Å². The second-order valence-electron chi connectivity index (χ2n) is 5.82. The molecule has 23 heavy (non-hydrogen) atoms. The molecule has 1 fully saturated rings. The molecule has 0 atom stereocenters. The maximum atomic E-state index is 5.58. The number of nitrogens with zero attached hydrogens (tertiary/aromatic N) is 6. The first-order chi connectivity index (χ1) is 11.4. The molecule has 0 bridgehead atoms. The maximum absolute atomic E-state index is 5.58. The highest BCUT2D eigenvalue weighted by atomic mass is 16.5. The molecule has 4 heterocycles. The summed E-state index contributed by atoms with van der Waals surface area (Å²) in [6.45, 7) is 4.83. The molecule has 0 amide bonds. The van der Waals surface area contributed by atoms with Gasteiger partial charge in [0.05, 0.1) is 6.54 Å². The van der Waals surface area contributed by atoms with Crippen LogP contribution in [0.15, 0.2) is 18.5 Å². The fraction of sp³-hybridized carbons (Fsp3) is 0.600. The van der Waals surface area contributed by atoms with E-state index in [-0.39, 0.29) is 0 Å². The third-order valence-corrected chi connectivity index (χ3v) is 4.44. The van der Waals surface area contributed by atoms with Crippen molar-refractivity contribution in [1.82, 2.24) is 29.6 Å². The molecule has 2 aromatic heterocycles. The first-order valence-electron chi connectivity index (χ1n) is 8.03. The lowest BCUT2D eigenvalue weighted by atomic mass is 10.1. The van der Waals surface area contributed by atoms with Crippen molar-refractivity contribution >= 4 is 0 Å². The first-order valence-corrected chi connectivity index (χ1v) is 8.03. The largest absolute Gasteiger partial charge is 0.455 e. The summed E-state index contributed by atoms with van der Waals surface area (Å²) < 4.78 is 13.2. The van der Waals surface area contributed by atoms with Crippen molar-refractivity contribution in [2.24, 2.45) is 0 Å². The average Bonchev–Trinajstić information content (AvgIpc) is 3.04. The molecule has 4 rings (SSSR count). The summed E-state index contributed by atoms with van der Waals surface area (Å²) in [6.07, 6.45) is 5.53. The second kappa shape index (κ2) is 6.59. The Kier molecular flexibility index (Phi) is 4.16. The highest BCUT2D eigenvalue weighted by Crippen LogP contribution is 2.21. The minimum Gasteiger partial charge on any atom is -0.455 e. The van der Waals surface area contributed by atoms with Gasteiger partial charge in [0, 0.05) is 44.7 Å². The summed E-state index contributed by atoms with van der Waals surface area (Å²) in [7, 11) is 0. The van der Waals surface area contributed by atoms with Crippen LogP contribution in [-0.4, -0.2) is 55.4 Å². The van der Waals surface area contributed by atoms with E-state index in [0.29, 0.717) is 18.7 Å². The summed E-state index contributed by atoms with van der Waals surface area (Å²) in [5, 5.41) is 8.61. The summed E-state index contributed by atoms with van der Waals surface area (Å²) in [5.41, 5.74) is 0. The van der Waals surface area contributed by atoms with Gasteiger partial charge in [0.1, 0.15) is 5.82 Å². The van der Waals surface area contributed by atoms with Gasteiger partial charge in [-0.15, -0.1) is 10.2 Å². The average molecular weight is 316 g/mol. The molecule has 0 aliphatic carbocycles. The van der Waals surface area contributed by atoms with Gasteiger partial charge in [0.2, 0.25) is 0 Å². The number of hydrogen-bond donors (Lipinski definition) is 0. The van der Waals surface area contributed by atoms with Gasteiger partial charge < -0.3 is 14.0 Å². The molecule has 0 unspecified atom stereocenters. The Bertz CT molecular complexity index is 641. The molecule has 2 aliphatic heterocycles. The van der Waals surface area contributed by atoms with Crippen molar-refractivity contribution < 1.29 is 9.47 Å². The number of ether oxygens (including phenoxy) is 2. The standard InChI is InChI=1S/C15H20N6O2/c1-4-16-15(17-5-1)23-11-14-19-18-13-10-20(6-7-21(13)14)12-2-8-22-9-3-12/h1,4-5,12H,2-3,6-11H2. The second-order valence-corrected chi connectivity index (χ2v) is 5.82. The normalized spacial score (nSPS) is 19.5. The lowest BCUT2D eigenvalue weighted by molar-refractivity contribution is 0.0231. The highest BCUT2D eigenvalue weighted by molar-refractivity contribution is 5.01. The zero-order chi connectivity index (χ0) is 15.5. The van der Waals surface area contributed by atoms with Crippen molar-refractivity contribution in [1.29, 1.82) is 0 Å². The molecular formula is C15H20N6O2. The molecular weight excluding hydrogens is 296 g/mol. The minimum absolute atomic E-state index is 0.342. The van der Waals surface area contributed by atoms with Gasteiger partial charge in [-0.1, -0.05) is 0 Å². The molecule has 0 N–H and O–H groups in total. The smallest absolute Gasteiger partial charge is 0.316 e. The third-order valence-electron chi connectivity index (χ3n) is 4.44. The SMILES string of the molecule is c1cnc(OCc2nnc3n2CCN(C2CCOCC2)C3)nc1. The third kappa shape index (κ3) is 3.18. The lowest BCUT2D eigenvalue weighted by Crippen LogP contribution is -2.44. The van der Waals surface area contributed by atoms with E-state index >= 15 is 0 Å². The Hall–Kier alpha value is -2.06. The van der Waals surface area contributed by atoms with Crippen molar-refractivity contribution in [2.45, 2.75) is 38.6 Å². The molecule has 0 aromatic carbocycles. The van der Waals surface area contributed by atoms with Crippen LogP contribution in [0.5, 0.6) is 6.01 Å². The van der Waals surface area contributed by atoms with Crippen molar-refractivity contribution in [3.8, 4) is 6.01 Å². The molecule has 1 saturated heterocycles. The van der Waals surface area contributed by atoms with E-state index in [2.05, 4.69) is 29.6 Å². The minimum atomic E-state index is 0.342. The molecule has 0 spiro atoms. The van der Waals surface area contributed by atoms with Crippen LogP contribution in [0.2, 0.25) is 0 Å². The van der Waals surface area contributed by atoms with Crippen LogP contribution in [0.1, 0.15) is 24.5 Å². The Balaban J connectivity index is 1.40. The van der Waals surface area contributed by atoms with Gasteiger partial charge in [-0.2, -0.15) is 0 Å². The summed E-state index contributed by atoms with van der Waals surface area (Å²) in [6, 6.07) is 2.73. The van der Waals surface area contributed by atoms with E-state index in [9.17, 15) is 0 Å². The predicted molar refractivity (Wildman–Crippen MR) is 80.6 cm³/mol. The van der Waals surface area contributed by atoms with Gasteiger partial charge in [-0.3, -0.25) is 4.90 Å². The molecule has 0 radical (unpaired) electrons. The number of hydrogen-bond acceptors (Lipinski definition) is 7. The molecule has 0 saturated carbocycles. The van der Waals surface area contributed by atoms with E-state index in [1.165, 1.54) is 0 Å². The number of fused-ring (bicyclic) bond motifs is 1. The monoisotopic (exact) mass is 316 g/mol. The molecule has 2 aromatic rings. The van der Waals surface area contributed by atoms with Crippen molar-refractivity contribution in [2.75, 3.05) is 19.8 Å². The van der Waals surface area contributed by atoms with Crippen LogP contribution in [-0.2, 0) is 24.4 Å². The van der Waals surface area contributed by atoms with Crippen LogP contribution >= 0.6 is 0 Å². The quantitative estimate of drug-likeness (QED) is 0.819. The fourth-order valence-corrected chi connectivity index (χ4v) is 3.19. The van der Waals surface area contributed by atoms with E-state index in [0.717, 1.165) is 57.3 Å². The van der Waals surface area contributed by atoms with E-state index in [1.807, 2.05) is 0 Å². The van der Waals surface area contributed by atoms with E-state index in [1.54, 1.807) is 18.5 Å². The number of aromatic nitrogens is 5. The molecule has 8 heteroatoms. The number of rotatable bonds is 4. The Morgan fingerprint density at radius 2 is 1.96 bits per heavy atom. The van der Waals surface area contributed by atoms with E-state index in [4.69, 9.17) is 9.47 Å². The van der Waals surface area contributed by atoms with Gasteiger partial charge in [-0.25, -0.2) is 9.97 Å². The summed E-state index contributed by atoms with van der Waals surface area (Å²) in [4.78, 5) is 10.6. The zero-order valence-electron chi connectivity index (χ0n) is 13.0. The Morgan fingerprint density at radius 1 is 1.13 bits per heavy atom. The van der Waals surface area contributed by atoms with Crippen LogP contribution in [0.4, 0.5) is 0 Å². The predicted octanol–water partition coefficient (Wildman–Crippen LogP) is 0.642. The van der Waals surface area contributed by atoms with Crippen LogP contribution in [0, 0.1) is 0 Å². The van der Waals surface area contributed by atoms with Crippen LogP contribution in [0.3, 0.4) is 0 Å². The summed E-state index contributed by atoms with van der Waals surface area (Å²) in [5.74, 6) is 1.84. The first kappa shape index (κ1) is 14.5. The molecule has 8 nitrogen and oxygen atoms in total. The van der Waals surface area contributed by atoms with E-state index < -0.39 is 0 Å². The highest BCUT2D eigenvalue weighted by Gasteiger charge is 2.27. The lowest BCUT2D eigenvalue weighted by Gasteiger charge is -2.36. The Labute approximate surface area is 134 Å². The van der Waals surface area contributed by atoms with Gasteiger partial charge in [0.15, 0.2) is 12.4 Å². The van der Waals surface area contributed by atoms with Crippen LogP contribution < -0.4 is 4.74 Å². The maximum Gasteiger partial charge on any atom is 0.316 e. The van der Waals surface area contributed by atoms with Gasteiger partial charge >= 0.3 is 6.01 Å². The van der Waals surface area contributed by atoms with Crippen molar-refractivity contribution in [3.63, 3.8) is 0 Å². The Morgan fingerprint density at radius 3 is 2.78 bits per heavy atom. The zero-order valence-corrected chi connectivity index (χ0v) is 13.0. The fourth-order valence-electron chi connectivity index (χ4n) is 3.19. The molecule has 2 aliphatic rings.